The van der Waals surface area contributed by atoms with Gasteiger partial charge in [0.25, 0.3) is 0 Å². The molecule has 77 valence electrons. The number of hydrogen-bond acceptors (Lipinski definition) is 0. The second-order valence-corrected chi connectivity index (χ2v) is 5.69. The summed E-state index contributed by atoms with van der Waals surface area (Å²) < 4.78 is 0. The summed E-state index contributed by atoms with van der Waals surface area (Å²) in [5.41, 5.74) is 0. The predicted molar refractivity (Wildman–Crippen MR) is 57.8 cm³/mol. The SMILES string of the molecule is Cl[C@H]1[C@H](Cl)[C@@H](Cl)[C@@H](Cl)[C@H](Cl)[C@H]1Cl.[V]. The van der Waals surface area contributed by atoms with Crippen molar-refractivity contribution in [2.45, 2.75) is 32.3 Å². The summed E-state index contributed by atoms with van der Waals surface area (Å²) in [7, 11) is 0. The molecule has 1 aliphatic rings. The van der Waals surface area contributed by atoms with Crippen molar-refractivity contribution in [3.63, 3.8) is 0 Å². The molecule has 1 saturated carbocycles. The van der Waals surface area contributed by atoms with Crippen LogP contribution >= 0.6 is 69.6 Å². The summed E-state index contributed by atoms with van der Waals surface area (Å²) in [6.07, 6.45) is 0. The first-order valence-corrected chi connectivity index (χ1v) is 5.93. The Morgan fingerprint density at radius 1 is 0.385 bits per heavy atom. The quantitative estimate of drug-likeness (QED) is 0.590. The van der Waals surface area contributed by atoms with E-state index in [1.807, 2.05) is 0 Å². The molecule has 7 heteroatoms. The van der Waals surface area contributed by atoms with Crippen molar-refractivity contribution in [3.8, 4) is 0 Å². The zero-order valence-electron chi connectivity index (χ0n) is 6.18. The van der Waals surface area contributed by atoms with E-state index < -0.39 is 32.3 Å². The summed E-state index contributed by atoms with van der Waals surface area (Å²) in [4.78, 5) is 0. The van der Waals surface area contributed by atoms with E-state index in [1.165, 1.54) is 0 Å². The minimum absolute atomic E-state index is 0. The molecule has 1 aliphatic carbocycles. The van der Waals surface area contributed by atoms with Gasteiger partial charge in [0, 0.05) is 18.6 Å². The van der Waals surface area contributed by atoms with Crippen LogP contribution in [0, 0.1) is 0 Å². The Hall–Kier alpha value is 2.32. The van der Waals surface area contributed by atoms with Gasteiger partial charge in [0.15, 0.2) is 0 Å². The Labute approximate surface area is 119 Å². The van der Waals surface area contributed by atoms with Crippen LogP contribution in [0.15, 0.2) is 0 Å². The zero-order chi connectivity index (χ0) is 9.46. The van der Waals surface area contributed by atoms with Crippen LogP contribution in [-0.4, -0.2) is 32.3 Å². The summed E-state index contributed by atoms with van der Waals surface area (Å²) in [5.74, 6) is 0. The fraction of sp³-hybridized carbons (Fsp3) is 1.00. The van der Waals surface area contributed by atoms with Crippen molar-refractivity contribution in [2.75, 3.05) is 0 Å². The molecule has 0 aromatic rings. The van der Waals surface area contributed by atoms with Gasteiger partial charge in [-0.3, -0.25) is 0 Å². The van der Waals surface area contributed by atoms with Crippen molar-refractivity contribution >= 4 is 69.6 Å². The van der Waals surface area contributed by atoms with Gasteiger partial charge in [-0.1, -0.05) is 0 Å². The summed E-state index contributed by atoms with van der Waals surface area (Å²) in [6, 6.07) is 0. The van der Waals surface area contributed by atoms with Crippen LogP contribution in [0.1, 0.15) is 0 Å². The fourth-order valence-corrected chi connectivity index (χ4v) is 3.38. The number of alkyl halides is 6. The van der Waals surface area contributed by atoms with Crippen molar-refractivity contribution in [1.82, 2.24) is 0 Å². The minimum atomic E-state index is -0.437. The predicted octanol–water partition coefficient (Wildman–Crippen LogP) is 3.64. The van der Waals surface area contributed by atoms with E-state index in [0.717, 1.165) is 0 Å². The van der Waals surface area contributed by atoms with Gasteiger partial charge in [-0.05, 0) is 0 Å². The molecule has 13 heavy (non-hydrogen) atoms. The minimum Gasteiger partial charge on any atom is -0.120 e. The van der Waals surface area contributed by atoms with E-state index in [1.54, 1.807) is 0 Å². The van der Waals surface area contributed by atoms with E-state index in [4.69, 9.17) is 69.6 Å². The van der Waals surface area contributed by atoms with Crippen LogP contribution in [-0.2, 0) is 18.6 Å². The summed E-state index contributed by atoms with van der Waals surface area (Å²) >= 11 is 35.3. The molecule has 0 aromatic heterocycles. The van der Waals surface area contributed by atoms with Crippen LogP contribution in [0.25, 0.3) is 0 Å². The molecule has 0 aliphatic heterocycles. The van der Waals surface area contributed by atoms with Gasteiger partial charge < -0.3 is 0 Å². The first-order valence-electron chi connectivity index (χ1n) is 3.31. The molecule has 0 nitrogen and oxygen atoms in total. The second-order valence-electron chi connectivity index (χ2n) is 2.67. The molecule has 0 amide bonds. The van der Waals surface area contributed by atoms with Crippen molar-refractivity contribution in [3.05, 3.63) is 0 Å². The third kappa shape index (κ3) is 3.14. The molecule has 0 saturated heterocycles. The maximum absolute atomic E-state index is 5.88. The molecular formula is C6H6Cl6V. The van der Waals surface area contributed by atoms with Crippen molar-refractivity contribution in [1.29, 1.82) is 0 Å². The Bertz CT molecular complexity index is 109. The van der Waals surface area contributed by atoms with E-state index >= 15 is 0 Å². The third-order valence-electron chi connectivity index (χ3n) is 1.83. The topological polar surface area (TPSA) is 0 Å². The van der Waals surface area contributed by atoms with Gasteiger partial charge >= 0.3 is 0 Å². The standard InChI is InChI=1S/C6H6Cl6.V/c7-1-2(8)4(10)6(12)5(11)3(1)9;/h1-6H;/t1-,2-,3-,4+,5+,6+;. The molecule has 1 rings (SSSR count). The summed E-state index contributed by atoms with van der Waals surface area (Å²) in [6.45, 7) is 0. The van der Waals surface area contributed by atoms with Crippen LogP contribution in [0.3, 0.4) is 0 Å². The van der Waals surface area contributed by atoms with Gasteiger partial charge in [0.05, 0.1) is 32.3 Å². The molecule has 0 bridgehead atoms. The van der Waals surface area contributed by atoms with Gasteiger partial charge in [0.2, 0.25) is 0 Å². The van der Waals surface area contributed by atoms with Gasteiger partial charge in [-0.2, -0.15) is 0 Å². The fourth-order valence-electron chi connectivity index (χ4n) is 1.05. The monoisotopic (exact) mass is 339 g/mol. The maximum atomic E-state index is 5.88. The van der Waals surface area contributed by atoms with Gasteiger partial charge in [0.1, 0.15) is 0 Å². The molecular weight excluding hydrogens is 336 g/mol. The molecule has 0 aromatic carbocycles. The number of rotatable bonds is 0. The zero-order valence-corrected chi connectivity index (χ0v) is 12.1. The molecule has 1 fully saturated rings. The van der Waals surface area contributed by atoms with E-state index in [-0.39, 0.29) is 18.6 Å². The Morgan fingerprint density at radius 3 is 0.538 bits per heavy atom. The largest absolute Gasteiger partial charge is 0.120 e. The first-order chi connectivity index (χ1) is 5.46. The van der Waals surface area contributed by atoms with Crippen LogP contribution in [0.5, 0.6) is 0 Å². The van der Waals surface area contributed by atoms with Crippen LogP contribution in [0.2, 0.25) is 0 Å². The molecule has 1 radical (unpaired) electrons. The second kappa shape index (κ2) is 6.16. The number of hydrogen-bond donors (Lipinski definition) is 0. The molecule has 0 heterocycles. The normalized spacial score (nSPS) is 51.2. The van der Waals surface area contributed by atoms with Gasteiger partial charge in [-0.25, -0.2) is 0 Å². The summed E-state index contributed by atoms with van der Waals surface area (Å²) in [5, 5.41) is -2.62. The van der Waals surface area contributed by atoms with Gasteiger partial charge in [-0.15, -0.1) is 69.6 Å². The average molecular weight is 342 g/mol. The maximum Gasteiger partial charge on any atom is 0.0693 e. The smallest absolute Gasteiger partial charge is 0.0693 e. The Kier molecular flexibility index (Phi) is 7.26. The van der Waals surface area contributed by atoms with Crippen LogP contribution in [0.4, 0.5) is 0 Å². The molecule has 0 spiro atoms. The Morgan fingerprint density at radius 2 is 0.462 bits per heavy atom. The average Bonchev–Trinajstić information content (AvgIpc) is 2.08. The number of halogens is 6. The van der Waals surface area contributed by atoms with Crippen molar-refractivity contribution < 1.29 is 18.6 Å². The van der Waals surface area contributed by atoms with Crippen molar-refractivity contribution in [2.24, 2.45) is 0 Å². The first kappa shape index (κ1) is 15.3. The van der Waals surface area contributed by atoms with E-state index in [0.29, 0.717) is 0 Å². The molecule has 0 N–H and O–H groups in total. The Balaban J connectivity index is 0.00000144. The molecule has 0 unspecified atom stereocenters. The van der Waals surface area contributed by atoms with Crippen LogP contribution < -0.4 is 0 Å². The third-order valence-corrected chi connectivity index (χ3v) is 5.86. The van der Waals surface area contributed by atoms with E-state index in [9.17, 15) is 0 Å². The van der Waals surface area contributed by atoms with E-state index in [2.05, 4.69) is 0 Å². The molecule has 0 atom stereocenters.